The van der Waals surface area contributed by atoms with Gasteiger partial charge in [-0.2, -0.15) is 0 Å². The van der Waals surface area contributed by atoms with Gasteiger partial charge in [0.1, 0.15) is 4.90 Å². The third-order valence-corrected chi connectivity index (χ3v) is 6.00. The summed E-state index contributed by atoms with van der Waals surface area (Å²) in [6, 6.07) is 9.88. The number of non-ortho nitro benzene ring substituents is 1. The number of nitro groups is 1. The van der Waals surface area contributed by atoms with Crippen molar-refractivity contribution >= 4 is 33.2 Å². The molecule has 0 aromatic heterocycles. The topological polar surface area (TPSA) is 127 Å². The van der Waals surface area contributed by atoms with Crippen molar-refractivity contribution in [1.29, 1.82) is 0 Å². The number of carbonyl (C=O) groups excluding carboxylic acids is 2. The number of carbonyl (C=O) groups is 2. The maximum absolute atomic E-state index is 12.4. The van der Waals surface area contributed by atoms with E-state index in [2.05, 4.69) is 5.32 Å². The van der Waals surface area contributed by atoms with E-state index in [9.17, 15) is 28.1 Å². The number of nitro benzene ring substituents is 1. The molecule has 2 amide bonds. The number of aryl methyl sites for hydroxylation is 1. The van der Waals surface area contributed by atoms with Gasteiger partial charge in [0, 0.05) is 25.1 Å². The Bertz CT molecular complexity index is 1060. The van der Waals surface area contributed by atoms with Crippen LogP contribution in [0.25, 0.3) is 0 Å². The Morgan fingerprint density at radius 2 is 1.93 bits per heavy atom. The predicted octanol–water partition coefficient (Wildman–Crippen LogP) is 2.08. The zero-order valence-electron chi connectivity index (χ0n) is 14.2. The molecule has 1 N–H and O–H groups in total. The lowest BCUT2D eigenvalue weighted by Crippen LogP contribution is -2.33. The average Bonchev–Trinajstić information content (AvgIpc) is 2.81. The summed E-state index contributed by atoms with van der Waals surface area (Å²) in [5.41, 5.74) is 0.774. The second-order valence-corrected chi connectivity index (χ2v) is 7.76. The fourth-order valence-electron chi connectivity index (χ4n) is 2.73. The number of anilines is 1. The third-order valence-electron chi connectivity index (χ3n) is 4.16. The zero-order valence-corrected chi connectivity index (χ0v) is 15.0. The van der Waals surface area contributed by atoms with E-state index in [-0.39, 0.29) is 34.8 Å². The van der Waals surface area contributed by atoms with Gasteiger partial charge < -0.3 is 5.32 Å². The second-order valence-electron chi connectivity index (χ2n) is 5.93. The van der Waals surface area contributed by atoms with Gasteiger partial charge in [-0.1, -0.05) is 18.2 Å². The lowest BCUT2D eigenvalue weighted by atomic mass is 10.1. The third kappa shape index (κ3) is 3.38. The van der Waals surface area contributed by atoms with E-state index < -0.39 is 26.8 Å². The highest BCUT2D eigenvalue weighted by Gasteiger charge is 2.40. The van der Waals surface area contributed by atoms with Gasteiger partial charge in [0.2, 0.25) is 5.91 Å². The zero-order chi connectivity index (χ0) is 19.8. The summed E-state index contributed by atoms with van der Waals surface area (Å²) in [5.74, 6) is -1.23. The molecule has 3 rings (SSSR count). The summed E-state index contributed by atoms with van der Waals surface area (Å²) in [4.78, 5) is 34.7. The molecule has 9 nitrogen and oxygen atoms in total. The molecular formula is C17H15N3O6S. The average molecular weight is 389 g/mol. The fourth-order valence-corrected chi connectivity index (χ4v) is 4.30. The van der Waals surface area contributed by atoms with E-state index in [1.54, 1.807) is 13.0 Å². The highest BCUT2D eigenvalue weighted by atomic mass is 32.2. The van der Waals surface area contributed by atoms with Crippen molar-refractivity contribution in [2.75, 3.05) is 11.9 Å². The number of hydrogen-bond acceptors (Lipinski definition) is 6. The van der Waals surface area contributed by atoms with Gasteiger partial charge in [-0.25, -0.2) is 12.7 Å². The highest BCUT2D eigenvalue weighted by molar-refractivity contribution is 7.90. The molecule has 2 aromatic rings. The van der Waals surface area contributed by atoms with Crippen LogP contribution in [0.3, 0.4) is 0 Å². The van der Waals surface area contributed by atoms with E-state index in [4.69, 9.17) is 0 Å². The van der Waals surface area contributed by atoms with Gasteiger partial charge in [0.25, 0.3) is 21.6 Å². The minimum atomic E-state index is -3.98. The Morgan fingerprint density at radius 3 is 2.59 bits per heavy atom. The number of amides is 2. The van der Waals surface area contributed by atoms with Gasteiger partial charge in [0.15, 0.2) is 0 Å². The van der Waals surface area contributed by atoms with Crippen LogP contribution >= 0.6 is 0 Å². The molecular weight excluding hydrogens is 374 g/mol. The van der Waals surface area contributed by atoms with Crippen LogP contribution in [0, 0.1) is 17.0 Å². The van der Waals surface area contributed by atoms with Crippen molar-refractivity contribution in [1.82, 2.24) is 4.31 Å². The Balaban J connectivity index is 1.71. The van der Waals surface area contributed by atoms with E-state index in [0.29, 0.717) is 9.87 Å². The molecule has 0 atom stereocenters. The van der Waals surface area contributed by atoms with Crippen molar-refractivity contribution in [2.45, 2.75) is 18.2 Å². The van der Waals surface area contributed by atoms with Crippen LogP contribution in [-0.4, -0.2) is 36.0 Å². The van der Waals surface area contributed by atoms with Gasteiger partial charge in [-0.3, -0.25) is 19.7 Å². The Kier molecular flexibility index (Phi) is 4.66. The molecule has 0 saturated carbocycles. The minimum Gasteiger partial charge on any atom is -0.326 e. The number of rotatable bonds is 5. The van der Waals surface area contributed by atoms with E-state index in [0.717, 1.165) is 0 Å². The fraction of sp³-hybridized carbons (Fsp3) is 0.176. The summed E-state index contributed by atoms with van der Waals surface area (Å²) in [7, 11) is -3.98. The van der Waals surface area contributed by atoms with Crippen molar-refractivity contribution in [2.24, 2.45) is 0 Å². The van der Waals surface area contributed by atoms with Crippen molar-refractivity contribution in [3.05, 3.63) is 63.7 Å². The Labute approximate surface area is 154 Å². The number of nitrogens with one attached hydrogen (secondary N) is 1. The number of hydrogen-bond donors (Lipinski definition) is 1. The smallest absolute Gasteiger partial charge is 0.271 e. The van der Waals surface area contributed by atoms with Gasteiger partial charge in [-0.15, -0.1) is 0 Å². The first kappa shape index (κ1) is 18.5. The molecule has 10 heteroatoms. The van der Waals surface area contributed by atoms with Crippen molar-refractivity contribution in [3.8, 4) is 0 Å². The molecule has 27 heavy (non-hydrogen) atoms. The first-order chi connectivity index (χ1) is 12.7. The van der Waals surface area contributed by atoms with Gasteiger partial charge >= 0.3 is 0 Å². The summed E-state index contributed by atoms with van der Waals surface area (Å²) >= 11 is 0. The molecule has 0 fully saturated rings. The highest BCUT2D eigenvalue weighted by Crippen LogP contribution is 2.30. The Morgan fingerprint density at radius 1 is 1.22 bits per heavy atom. The van der Waals surface area contributed by atoms with Crippen LogP contribution in [0.2, 0.25) is 0 Å². The largest absolute Gasteiger partial charge is 0.326 e. The van der Waals surface area contributed by atoms with E-state index in [1.165, 1.54) is 36.4 Å². The SMILES string of the molecule is Cc1ccc([N+](=O)[O-])cc1NC(=O)CCN1C(=O)c2ccccc2S1(=O)=O. The maximum Gasteiger partial charge on any atom is 0.271 e. The van der Waals surface area contributed by atoms with Gasteiger partial charge in [-0.05, 0) is 24.6 Å². The van der Waals surface area contributed by atoms with Crippen LogP contribution in [-0.2, 0) is 14.8 Å². The molecule has 0 radical (unpaired) electrons. The Hall–Kier alpha value is -3.27. The lowest BCUT2D eigenvalue weighted by Gasteiger charge is -2.15. The molecule has 140 valence electrons. The monoisotopic (exact) mass is 389 g/mol. The summed E-state index contributed by atoms with van der Waals surface area (Å²) in [5, 5.41) is 13.4. The molecule has 0 saturated heterocycles. The standard InChI is InChI=1S/C17H15N3O6S/c1-11-6-7-12(20(23)24)10-14(11)18-16(21)8-9-19-17(22)13-4-2-3-5-15(13)27(19,25)26/h2-7,10H,8-9H2,1H3,(H,18,21). The normalized spacial score (nSPS) is 14.7. The molecule has 0 aliphatic carbocycles. The maximum atomic E-state index is 12.4. The minimum absolute atomic E-state index is 0.0763. The van der Waals surface area contributed by atoms with E-state index >= 15 is 0 Å². The molecule has 0 spiro atoms. The molecule has 1 aliphatic rings. The quantitative estimate of drug-likeness (QED) is 0.616. The molecule has 1 aliphatic heterocycles. The van der Waals surface area contributed by atoms with Crippen LogP contribution in [0.15, 0.2) is 47.4 Å². The first-order valence-corrected chi connectivity index (χ1v) is 9.37. The number of fused-ring (bicyclic) bond motifs is 1. The summed E-state index contributed by atoms with van der Waals surface area (Å²) < 4.78 is 25.5. The summed E-state index contributed by atoms with van der Waals surface area (Å²) in [6.45, 7) is 1.35. The summed E-state index contributed by atoms with van der Waals surface area (Å²) in [6.07, 6.45) is -0.277. The molecule has 1 heterocycles. The molecule has 2 aromatic carbocycles. The van der Waals surface area contributed by atoms with Crippen LogP contribution in [0.5, 0.6) is 0 Å². The van der Waals surface area contributed by atoms with E-state index in [1.807, 2.05) is 0 Å². The van der Waals surface area contributed by atoms with Gasteiger partial charge in [0.05, 0.1) is 16.2 Å². The lowest BCUT2D eigenvalue weighted by molar-refractivity contribution is -0.384. The predicted molar refractivity (Wildman–Crippen MR) is 95.7 cm³/mol. The molecule has 0 unspecified atom stereocenters. The van der Waals surface area contributed by atoms with Crippen LogP contribution in [0.4, 0.5) is 11.4 Å². The van der Waals surface area contributed by atoms with Crippen molar-refractivity contribution in [3.63, 3.8) is 0 Å². The number of benzene rings is 2. The number of nitrogens with zero attached hydrogens (tertiary/aromatic N) is 2. The van der Waals surface area contributed by atoms with Crippen LogP contribution < -0.4 is 5.32 Å². The number of sulfonamides is 1. The second kappa shape index (κ2) is 6.80. The first-order valence-electron chi connectivity index (χ1n) is 7.93. The molecule has 0 bridgehead atoms. The van der Waals surface area contributed by atoms with Crippen molar-refractivity contribution < 1.29 is 22.9 Å². The van der Waals surface area contributed by atoms with Crippen LogP contribution in [0.1, 0.15) is 22.3 Å².